The third-order valence-corrected chi connectivity index (χ3v) is 4.51. The Labute approximate surface area is 129 Å². The number of carbonyl (C=O) groups is 1. The van der Waals surface area contributed by atoms with Crippen LogP contribution in [0.3, 0.4) is 0 Å². The third-order valence-electron chi connectivity index (χ3n) is 4.51. The normalized spacial score (nSPS) is 22.1. The minimum Gasteiger partial charge on any atom is -0.340 e. The number of hydrogen-bond donors (Lipinski definition) is 1. The molecule has 4 nitrogen and oxygen atoms in total. The van der Waals surface area contributed by atoms with E-state index < -0.39 is 0 Å². The van der Waals surface area contributed by atoms with Gasteiger partial charge >= 0.3 is 0 Å². The molecule has 1 amide bonds. The molecule has 0 radical (unpaired) electrons. The SMILES string of the molecule is CNCC(=O)N1CCCN(CC2CCCCC2)CC1.Cl. The molecule has 0 bridgehead atoms. The van der Waals surface area contributed by atoms with E-state index >= 15 is 0 Å². The van der Waals surface area contributed by atoms with Gasteiger partial charge in [0.25, 0.3) is 0 Å². The van der Waals surface area contributed by atoms with Gasteiger partial charge in [0, 0.05) is 26.2 Å². The van der Waals surface area contributed by atoms with Crippen molar-refractivity contribution in [3.05, 3.63) is 0 Å². The Hall–Kier alpha value is -0.320. The maximum absolute atomic E-state index is 11.9. The van der Waals surface area contributed by atoms with Crippen LogP contribution in [0.1, 0.15) is 38.5 Å². The molecular formula is C15H30ClN3O. The van der Waals surface area contributed by atoms with Gasteiger partial charge in [-0.2, -0.15) is 0 Å². The fraction of sp³-hybridized carbons (Fsp3) is 0.933. The predicted molar refractivity (Wildman–Crippen MR) is 85.4 cm³/mol. The van der Waals surface area contributed by atoms with Crippen LogP contribution < -0.4 is 5.32 Å². The van der Waals surface area contributed by atoms with Crippen LogP contribution in [0.15, 0.2) is 0 Å². The Morgan fingerprint density at radius 3 is 2.50 bits per heavy atom. The van der Waals surface area contributed by atoms with E-state index in [-0.39, 0.29) is 18.3 Å². The molecule has 118 valence electrons. The molecule has 1 N–H and O–H groups in total. The minimum absolute atomic E-state index is 0. The van der Waals surface area contributed by atoms with Gasteiger partial charge in [0.15, 0.2) is 0 Å². The first-order valence-corrected chi connectivity index (χ1v) is 7.94. The average molecular weight is 304 g/mol. The van der Waals surface area contributed by atoms with E-state index in [1.165, 1.54) is 45.2 Å². The van der Waals surface area contributed by atoms with Crippen molar-refractivity contribution < 1.29 is 4.79 Å². The number of nitrogens with zero attached hydrogens (tertiary/aromatic N) is 2. The van der Waals surface area contributed by atoms with Gasteiger partial charge in [0.2, 0.25) is 5.91 Å². The third kappa shape index (κ3) is 5.58. The average Bonchev–Trinajstić information content (AvgIpc) is 2.66. The van der Waals surface area contributed by atoms with Crippen molar-refractivity contribution in [2.75, 3.05) is 46.3 Å². The van der Waals surface area contributed by atoms with Gasteiger partial charge < -0.3 is 15.1 Å². The van der Waals surface area contributed by atoms with Crippen molar-refractivity contribution in [1.29, 1.82) is 0 Å². The molecule has 1 aliphatic carbocycles. The maximum Gasteiger partial charge on any atom is 0.236 e. The lowest BCUT2D eigenvalue weighted by Crippen LogP contribution is -2.40. The first kappa shape index (κ1) is 17.7. The molecule has 20 heavy (non-hydrogen) atoms. The van der Waals surface area contributed by atoms with Crippen LogP contribution in [0.2, 0.25) is 0 Å². The van der Waals surface area contributed by atoms with E-state index in [0.29, 0.717) is 6.54 Å². The van der Waals surface area contributed by atoms with Gasteiger partial charge in [0.05, 0.1) is 6.54 Å². The highest BCUT2D eigenvalue weighted by Gasteiger charge is 2.21. The first-order valence-electron chi connectivity index (χ1n) is 7.94. The van der Waals surface area contributed by atoms with Crippen molar-refractivity contribution in [3.63, 3.8) is 0 Å². The maximum atomic E-state index is 11.9. The van der Waals surface area contributed by atoms with Gasteiger partial charge in [-0.05, 0) is 38.8 Å². The predicted octanol–water partition coefficient (Wildman–Crippen LogP) is 1.74. The molecule has 0 aromatic rings. The minimum atomic E-state index is 0. The Kier molecular flexibility index (Phi) is 8.50. The molecule has 0 aromatic heterocycles. The second kappa shape index (κ2) is 9.59. The zero-order valence-electron chi connectivity index (χ0n) is 12.8. The standard InChI is InChI=1S/C15H29N3O.ClH/c1-16-12-15(19)18-9-5-8-17(10-11-18)13-14-6-3-2-4-7-14;/h14,16H,2-13H2,1H3;1H. The Morgan fingerprint density at radius 1 is 1.05 bits per heavy atom. The van der Waals surface area contributed by atoms with Crippen LogP contribution >= 0.6 is 12.4 Å². The van der Waals surface area contributed by atoms with Crippen LogP contribution in [0.5, 0.6) is 0 Å². The number of halogens is 1. The Bertz CT molecular complexity index is 282. The molecule has 1 aliphatic heterocycles. The monoisotopic (exact) mass is 303 g/mol. The number of amides is 1. The van der Waals surface area contributed by atoms with E-state index in [1.807, 2.05) is 11.9 Å². The van der Waals surface area contributed by atoms with Gasteiger partial charge in [0.1, 0.15) is 0 Å². The fourth-order valence-corrected chi connectivity index (χ4v) is 3.40. The molecule has 1 saturated carbocycles. The van der Waals surface area contributed by atoms with Gasteiger partial charge in [-0.3, -0.25) is 4.79 Å². The van der Waals surface area contributed by atoms with Gasteiger partial charge in [-0.15, -0.1) is 12.4 Å². The largest absolute Gasteiger partial charge is 0.340 e. The molecule has 0 aromatic carbocycles. The highest BCUT2D eigenvalue weighted by Crippen LogP contribution is 2.24. The number of hydrogen-bond acceptors (Lipinski definition) is 3. The first-order chi connectivity index (χ1) is 9.29. The number of carbonyl (C=O) groups excluding carboxylic acids is 1. The summed E-state index contributed by atoms with van der Waals surface area (Å²) in [7, 11) is 1.84. The van der Waals surface area contributed by atoms with Crippen LogP contribution in [-0.2, 0) is 4.79 Å². The number of rotatable bonds is 4. The summed E-state index contributed by atoms with van der Waals surface area (Å²) in [6, 6.07) is 0. The van der Waals surface area contributed by atoms with Crippen molar-refractivity contribution in [2.45, 2.75) is 38.5 Å². The van der Waals surface area contributed by atoms with E-state index in [4.69, 9.17) is 0 Å². The molecule has 2 fully saturated rings. The second-order valence-corrected chi connectivity index (χ2v) is 6.07. The number of nitrogens with one attached hydrogen (secondary N) is 1. The number of likely N-dealkylation sites (N-methyl/N-ethyl adjacent to an activating group) is 1. The zero-order chi connectivity index (χ0) is 13.5. The highest BCUT2D eigenvalue weighted by atomic mass is 35.5. The summed E-state index contributed by atoms with van der Waals surface area (Å²) in [5.41, 5.74) is 0. The molecule has 0 spiro atoms. The Balaban J connectivity index is 0.00000200. The van der Waals surface area contributed by atoms with E-state index in [0.717, 1.165) is 32.0 Å². The summed E-state index contributed by atoms with van der Waals surface area (Å²) >= 11 is 0. The lowest BCUT2D eigenvalue weighted by Gasteiger charge is -2.28. The fourth-order valence-electron chi connectivity index (χ4n) is 3.40. The molecule has 1 heterocycles. The van der Waals surface area contributed by atoms with Gasteiger partial charge in [-0.1, -0.05) is 19.3 Å². The molecule has 5 heteroatoms. The van der Waals surface area contributed by atoms with Gasteiger partial charge in [-0.25, -0.2) is 0 Å². The van der Waals surface area contributed by atoms with E-state index in [1.54, 1.807) is 0 Å². The van der Waals surface area contributed by atoms with E-state index in [2.05, 4.69) is 10.2 Å². The summed E-state index contributed by atoms with van der Waals surface area (Å²) in [6.45, 7) is 5.80. The Morgan fingerprint density at radius 2 is 1.80 bits per heavy atom. The summed E-state index contributed by atoms with van der Waals surface area (Å²) in [5, 5.41) is 2.96. The summed E-state index contributed by atoms with van der Waals surface area (Å²) in [4.78, 5) is 16.5. The lowest BCUT2D eigenvalue weighted by atomic mass is 9.89. The zero-order valence-corrected chi connectivity index (χ0v) is 13.6. The molecular weight excluding hydrogens is 274 g/mol. The van der Waals surface area contributed by atoms with Crippen LogP contribution in [-0.4, -0.2) is 62.0 Å². The van der Waals surface area contributed by atoms with Crippen molar-refractivity contribution in [2.24, 2.45) is 5.92 Å². The molecule has 2 rings (SSSR count). The molecule has 0 unspecified atom stereocenters. The highest BCUT2D eigenvalue weighted by molar-refractivity contribution is 5.85. The topological polar surface area (TPSA) is 35.6 Å². The molecule has 0 atom stereocenters. The van der Waals surface area contributed by atoms with Crippen molar-refractivity contribution >= 4 is 18.3 Å². The van der Waals surface area contributed by atoms with Crippen LogP contribution in [0.4, 0.5) is 0 Å². The lowest BCUT2D eigenvalue weighted by molar-refractivity contribution is -0.130. The smallest absolute Gasteiger partial charge is 0.236 e. The second-order valence-electron chi connectivity index (χ2n) is 6.07. The molecule has 1 saturated heterocycles. The quantitative estimate of drug-likeness (QED) is 0.859. The van der Waals surface area contributed by atoms with Crippen molar-refractivity contribution in [1.82, 2.24) is 15.1 Å². The summed E-state index contributed by atoms with van der Waals surface area (Å²) < 4.78 is 0. The van der Waals surface area contributed by atoms with Crippen molar-refractivity contribution in [3.8, 4) is 0 Å². The van der Waals surface area contributed by atoms with Crippen LogP contribution in [0.25, 0.3) is 0 Å². The van der Waals surface area contributed by atoms with E-state index in [9.17, 15) is 4.79 Å². The van der Waals surface area contributed by atoms with Crippen LogP contribution in [0, 0.1) is 5.92 Å². The summed E-state index contributed by atoms with van der Waals surface area (Å²) in [5.74, 6) is 1.16. The molecule has 2 aliphatic rings. The summed E-state index contributed by atoms with van der Waals surface area (Å²) in [6.07, 6.45) is 8.24.